The Morgan fingerprint density at radius 2 is 2.24 bits per heavy atom. The minimum Gasteiger partial charge on any atom is -0.377 e. The van der Waals surface area contributed by atoms with Crippen LogP contribution in [0, 0.1) is 11.7 Å². The SMILES string of the molecule is CN(C)c1cc(F)ccc1CC1CCCNC1. The van der Waals surface area contributed by atoms with Gasteiger partial charge in [0.2, 0.25) is 0 Å². The van der Waals surface area contributed by atoms with Crippen LogP contribution in [0.25, 0.3) is 0 Å². The number of nitrogens with zero attached hydrogens (tertiary/aromatic N) is 1. The van der Waals surface area contributed by atoms with Crippen LogP contribution >= 0.6 is 0 Å². The molecule has 1 fully saturated rings. The van der Waals surface area contributed by atoms with E-state index < -0.39 is 0 Å². The molecule has 1 atom stereocenters. The average molecular weight is 236 g/mol. The van der Waals surface area contributed by atoms with Crippen LogP contribution in [0.1, 0.15) is 18.4 Å². The van der Waals surface area contributed by atoms with Crippen molar-refractivity contribution in [3.05, 3.63) is 29.6 Å². The van der Waals surface area contributed by atoms with Crippen LogP contribution in [0.5, 0.6) is 0 Å². The van der Waals surface area contributed by atoms with E-state index in [1.165, 1.54) is 18.4 Å². The van der Waals surface area contributed by atoms with E-state index in [9.17, 15) is 4.39 Å². The summed E-state index contributed by atoms with van der Waals surface area (Å²) < 4.78 is 13.2. The zero-order valence-electron chi connectivity index (χ0n) is 10.7. The molecule has 1 aromatic rings. The van der Waals surface area contributed by atoms with Gasteiger partial charge in [0, 0.05) is 19.8 Å². The van der Waals surface area contributed by atoms with Crippen LogP contribution in [0.4, 0.5) is 10.1 Å². The van der Waals surface area contributed by atoms with E-state index in [0.29, 0.717) is 5.92 Å². The second kappa shape index (κ2) is 5.50. The highest BCUT2D eigenvalue weighted by molar-refractivity contribution is 5.53. The van der Waals surface area contributed by atoms with E-state index in [4.69, 9.17) is 0 Å². The number of halogens is 1. The van der Waals surface area contributed by atoms with Gasteiger partial charge in [-0.05, 0) is 56.0 Å². The second-order valence-electron chi connectivity index (χ2n) is 5.08. The number of benzene rings is 1. The zero-order valence-corrected chi connectivity index (χ0v) is 10.7. The summed E-state index contributed by atoms with van der Waals surface area (Å²) in [6.45, 7) is 2.23. The van der Waals surface area contributed by atoms with Gasteiger partial charge in [-0.25, -0.2) is 4.39 Å². The molecule has 0 spiro atoms. The minimum absolute atomic E-state index is 0.154. The molecular weight excluding hydrogens is 215 g/mol. The van der Waals surface area contributed by atoms with Crippen LogP contribution in [-0.2, 0) is 6.42 Å². The van der Waals surface area contributed by atoms with Crippen molar-refractivity contribution in [3.63, 3.8) is 0 Å². The van der Waals surface area contributed by atoms with Crippen molar-refractivity contribution in [2.75, 3.05) is 32.1 Å². The second-order valence-corrected chi connectivity index (χ2v) is 5.08. The standard InChI is InChI=1S/C14H21FN2/c1-17(2)14-9-13(15)6-5-12(14)8-11-4-3-7-16-10-11/h5-6,9,11,16H,3-4,7-8,10H2,1-2H3. The van der Waals surface area contributed by atoms with E-state index in [1.54, 1.807) is 12.1 Å². The maximum atomic E-state index is 13.2. The Morgan fingerprint density at radius 1 is 1.41 bits per heavy atom. The number of hydrogen-bond acceptors (Lipinski definition) is 2. The summed E-state index contributed by atoms with van der Waals surface area (Å²) in [5.41, 5.74) is 2.26. The summed E-state index contributed by atoms with van der Waals surface area (Å²) in [6.07, 6.45) is 3.57. The van der Waals surface area contributed by atoms with Crippen molar-refractivity contribution in [2.45, 2.75) is 19.3 Å². The van der Waals surface area contributed by atoms with Crippen LogP contribution in [-0.4, -0.2) is 27.2 Å². The molecule has 1 N–H and O–H groups in total. The van der Waals surface area contributed by atoms with Crippen molar-refractivity contribution >= 4 is 5.69 Å². The highest BCUT2D eigenvalue weighted by Gasteiger charge is 2.16. The maximum absolute atomic E-state index is 13.2. The Bertz CT molecular complexity index is 370. The van der Waals surface area contributed by atoms with E-state index in [1.807, 2.05) is 25.1 Å². The van der Waals surface area contributed by atoms with Gasteiger partial charge < -0.3 is 10.2 Å². The Hall–Kier alpha value is -1.09. The Kier molecular flexibility index (Phi) is 4.00. The third-order valence-electron chi connectivity index (χ3n) is 3.44. The molecule has 0 aliphatic carbocycles. The van der Waals surface area contributed by atoms with Crippen molar-refractivity contribution in [1.29, 1.82) is 0 Å². The fourth-order valence-electron chi connectivity index (χ4n) is 2.54. The number of hydrogen-bond donors (Lipinski definition) is 1. The van der Waals surface area contributed by atoms with Crippen LogP contribution < -0.4 is 10.2 Å². The third-order valence-corrected chi connectivity index (χ3v) is 3.44. The van der Waals surface area contributed by atoms with Crippen LogP contribution in [0.3, 0.4) is 0 Å². The summed E-state index contributed by atoms with van der Waals surface area (Å²) in [7, 11) is 3.94. The molecule has 1 saturated heterocycles. The molecule has 17 heavy (non-hydrogen) atoms. The Balaban J connectivity index is 2.13. The quantitative estimate of drug-likeness (QED) is 0.867. The molecule has 0 amide bonds. The summed E-state index contributed by atoms with van der Waals surface area (Å²) in [4.78, 5) is 1.99. The maximum Gasteiger partial charge on any atom is 0.125 e. The molecule has 3 heteroatoms. The highest BCUT2D eigenvalue weighted by atomic mass is 19.1. The molecule has 0 bridgehead atoms. The van der Waals surface area contributed by atoms with Crippen molar-refractivity contribution < 1.29 is 4.39 Å². The zero-order chi connectivity index (χ0) is 12.3. The van der Waals surface area contributed by atoms with E-state index >= 15 is 0 Å². The van der Waals surface area contributed by atoms with E-state index in [0.717, 1.165) is 25.2 Å². The molecule has 0 radical (unpaired) electrons. The molecule has 2 rings (SSSR count). The number of nitrogens with one attached hydrogen (secondary N) is 1. The predicted octanol–water partition coefficient (Wildman–Crippen LogP) is 2.43. The third kappa shape index (κ3) is 3.19. The normalized spacial score (nSPS) is 20.3. The molecular formula is C14H21FN2. The first-order chi connectivity index (χ1) is 8.16. The van der Waals surface area contributed by atoms with E-state index in [-0.39, 0.29) is 5.82 Å². The first-order valence-corrected chi connectivity index (χ1v) is 6.33. The summed E-state index contributed by atoms with van der Waals surface area (Å²) in [5.74, 6) is 0.534. The van der Waals surface area contributed by atoms with Gasteiger partial charge in [-0.2, -0.15) is 0 Å². The summed E-state index contributed by atoms with van der Waals surface area (Å²) >= 11 is 0. The van der Waals surface area contributed by atoms with Gasteiger partial charge in [-0.1, -0.05) is 6.07 Å². The van der Waals surface area contributed by atoms with Crippen molar-refractivity contribution in [3.8, 4) is 0 Å². The average Bonchev–Trinajstić information content (AvgIpc) is 2.32. The molecule has 0 saturated carbocycles. The number of anilines is 1. The predicted molar refractivity (Wildman–Crippen MR) is 70.0 cm³/mol. The molecule has 0 aromatic heterocycles. The summed E-state index contributed by atoms with van der Waals surface area (Å²) in [6, 6.07) is 5.13. The lowest BCUT2D eigenvalue weighted by Gasteiger charge is -2.25. The number of piperidine rings is 1. The monoisotopic (exact) mass is 236 g/mol. The van der Waals surface area contributed by atoms with E-state index in [2.05, 4.69) is 5.32 Å². The molecule has 1 aromatic carbocycles. The fraction of sp³-hybridized carbons (Fsp3) is 0.571. The minimum atomic E-state index is -0.154. The lowest BCUT2D eigenvalue weighted by atomic mass is 9.91. The van der Waals surface area contributed by atoms with Gasteiger partial charge in [0.15, 0.2) is 0 Å². The van der Waals surface area contributed by atoms with Crippen LogP contribution in [0.15, 0.2) is 18.2 Å². The largest absolute Gasteiger partial charge is 0.377 e. The topological polar surface area (TPSA) is 15.3 Å². The Morgan fingerprint density at radius 3 is 2.88 bits per heavy atom. The number of rotatable bonds is 3. The molecule has 2 nitrogen and oxygen atoms in total. The van der Waals surface area contributed by atoms with Gasteiger partial charge in [0.05, 0.1) is 0 Å². The van der Waals surface area contributed by atoms with Gasteiger partial charge >= 0.3 is 0 Å². The Labute approximate surface area is 103 Å². The van der Waals surface area contributed by atoms with Gasteiger partial charge in [-0.3, -0.25) is 0 Å². The molecule has 1 aliphatic heterocycles. The fourth-order valence-corrected chi connectivity index (χ4v) is 2.54. The first-order valence-electron chi connectivity index (χ1n) is 6.33. The van der Waals surface area contributed by atoms with Gasteiger partial charge in [-0.15, -0.1) is 0 Å². The van der Waals surface area contributed by atoms with Crippen molar-refractivity contribution in [1.82, 2.24) is 5.32 Å². The van der Waals surface area contributed by atoms with Crippen LogP contribution in [0.2, 0.25) is 0 Å². The smallest absolute Gasteiger partial charge is 0.125 e. The lowest BCUT2D eigenvalue weighted by Crippen LogP contribution is -2.31. The lowest BCUT2D eigenvalue weighted by molar-refractivity contribution is 0.376. The van der Waals surface area contributed by atoms with Crippen molar-refractivity contribution in [2.24, 2.45) is 5.92 Å². The summed E-state index contributed by atoms with van der Waals surface area (Å²) in [5, 5.41) is 3.43. The molecule has 1 heterocycles. The molecule has 1 unspecified atom stereocenters. The first kappa shape index (κ1) is 12.4. The van der Waals surface area contributed by atoms with Gasteiger partial charge in [0.25, 0.3) is 0 Å². The highest BCUT2D eigenvalue weighted by Crippen LogP contribution is 2.25. The molecule has 94 valence electrons. The van der Waals surface area contributed by atoms with Gasteiger partial charge in [0.1, 0.15) is 5.82 Å². The molecule has 1 aliphatic rings.